The van der Waals surface area contributed by atoms with Gasteiger partial charge in [0.1, 0.15) is 0 Å². The normalized spacial score (nSPS) is 10.1. The summed E-state index contributed by atoms with van der Waals surface area (Å²) in [7, 11) is 0. The summed E-state index contributed by atoms with van der Waals surface area (Å²) in [5.74, 6) is 0. The predicted molar refractivity (Wildman–Crippen MR) is 78.5 cm³/mol. The summed E-state index contributed by atoms with van der Waals surface area (Å²) in [4.78, 5) is 20.4. The highest BCUT2D eigenvalue weighted by Crippen LogP contribution is 2.27. The van der Waals surface area contributed by atoms with Gasteiger partial charge in [-0.15, -0.1) is 0 Å². The summed E-state index contributed by atoms with van der Waals surface area (Å²) in [6.07, 6.45) is 0. The minimum absolute atomic E-state index is 0.137. The van der Waals surface area contributed by atoms with Crippen LogP contribution >= 0.6 is 11.6 Å². The van der Waals surface area contributed by atoms with Crippen molar-refractivity contribution in [1.82, 2.24) is 0 Å². The molecular weight excluding hydrogens is 298 g/mol. The molecule has 21 heavy (non-hydrogen) atoms. The van der Waals surface area contributed by atoms with E-state index in [2.05, 4.69) is 5.32 Å². The maximum Gasteiger partial charge on any atom is 0.281 e. The van der Waals surface area contributed by atoms with E-state index in [0.717, 1.165) is 6.07 Å². The molecule has 2 aromatic rings. The van der Waals surface area contributed by atoms with E-state index in [9.17, 15) is 20.2 Å². The highest BCUT2D eigenvalue weighted by Gasteiger charge is 2.19. The van der Waals surface area contributed by atoms with Crippen LogP contribution in [-0.2, 0) is 6.54 Å². The molecule has 1 N–H and O–H groups in total. The van der Waals surface area contributed by atoms with Gasteiger partial charge in [0.05, 0.1) is 26.6 Å². The number of benzene rings is 2. The Bertz CT molecular complexity index is 706. The average Bonchev–Trinajstić information content (AvgIpc) is 2.46. The van der Waals surface area contributed by atoms with Crippen molar-refractivity contribution in [3.05, 3.63) is 73.3 Å². The number of nitro benzene ring substituents is 2. The Hall–Kier alpha value is -2.67. The summed E-state index contributed by atoms with van der Waals surface area (Å²) in [6, 6.07) is 10.5. The van der Waals surface area contributed by atoms with Crippen LogP contribution in [0.3, 0.4) is 0 Å². The first kappa shape index (κ1) is 14.7. The van der Waals surface area contributed by atoms with E-state index >= 15 is 0 Å². The van der Waals surface area contributed by atoms with Crippen LogP contribution in [0.5, 0.6) is 0 Å². The number of nitro groups is 2. The van der Waals surface area contributed by atoms with E-state index < -0.39 is 9.85 Å². The van der Waals surface area contributed by atoms with Crippen molar-refractivity contribution in [2.24, 2.45) is 0 Å². The van der Waals surface area contributed by atoms with Crippen molar-refractivity contribution < 1.29 is 9.85 Å². The third kappa shape index (κ3) is 3.46. The number of halogens is 1. The Morgan fingerprint density at radius 3 is 2.38 bits per heavy atom. The summed E-state index contributed by atoms with van der Waals surface area (Å²) >= 11 is 5.97. The van der Waals surface area contributed by atoms with E-state index in [1.165, 1.54) is 12.1 Å². The number of hydrogen-bond acceptors (Lipinski definition) is 5. The molecule has 0 aliphatic rings. The Balaban J connectivity index is 2.26. The lowest BCUT2D eigenvalue weighted by Crippen LogP contribution is -2.04. The summed E-state index contributed by atoms with van der Waals surface area (Å²) in [6.45, 7) is 0.137. The van der Waals surface area contributed by atoms with Crippen LogP contribution in [0, 0.1) is 20.2 Å². The van der Waals surface area contributed by atoms with Crippen molar-refractivity contribution in [3.8, 4) is 0 Å². The van der Waals surface area contributed by atoms with Gasteiger partial charge in [-0.1, -0.05) is 23.7 Å². The second kappa shape index (κ2) is 6.19. The molecule has 0 unspecified atom stereocenters. The number of non-ortho nitro benzene ring substituents is 1. The molecule has 2 rings (SSSR count). The molecule has 0 amide bonds. The van der Waals surface area contributed by atoms with Gasteiger partial charge in [-0.05, 0) is 18.2 Å². The average molecular weight is 308 g/mol. The van der Waals surface area contributed by atoms with Gasteiger partial charge in [0.2, 0.25) is 0 Å². The zero-order valence-corrected chi connectivity index (χ0v) is 11.4. The van der Waals surface area contributed by atoms with E-state index in [-0.39, 0.29) is 17.9 Å². The Kier molecular flexibility index (Phi) is 4.34. The highest BCUT2D eigenvalue weighted by molar-refractivity contribution is 6.33. The van der Waals surface area contributed by atoms with Crippen LogP contribution in [0.25, 0.3) is 0 Å². The van der Waals surface area contributed by atoms with Gasteiger partial charge in [-0.3, -0.25) is 20.2 Å². The zero-order valence-electron chi connectivity index (χ0n) is 10.7. The van der Waals surface area contributed by atoms with Crippen molar-refractivity contribution in [3.63, 3.8) is 0 Å². The number of hydrogen-bond donors (Lipinski definition) is 1. The Morgan fingerprint density at radius 2 is 1.76 bits per heavy atom. The second-order valence-corrected chi connectivity index (χ2v) is 4.57. The van der Waals surface area contributed by atoms with Gasteiger partial charge in [-0.25, -0.2) is 0 Å². The Labute approximate surface area is 124 Å². The van der Waals surface area contributed by atoms with Crippen LogP contribution in [-0.4, -0.2) is 9.85 Å². The van der Waals surface area contributed by atoms with Gasteiger partial charge in [-0.2, -0.15) is 0 Å². The van der Waals surface area contributed by atoms with E-state index in [1.807, 2.05) is 0 Å². The predicted octanol–water partition coefficient (Wildman–Crippen LogP) is 3.77. The summed E-state index contributed by atoms with van der Waals surface area (Å²) in [5, 5.41) is 25.1. The first-order chi connectivity index (χ1) is 9.99. The van der Waals surface area contributed by atoms with Gasteiger partial charge >= 0.3 is 0 Å². The molecule has 0 aliphatic carbocycles. The first-order valence-electron chi connectivity index (χ1n) is 5.89. The monoisotopic (exact) mass is 307 g/mol. The number of nitrogens with one attached hydrogen (secondary N) is 1. The molecule has 0 saturated carbocycles. The molecule has 0 fully saturated rings. The molecular formula is C13H10ClN3O4. The molecule has 0 saturated heterocycles. The SMILES string of the molecule is O=[N+]([O-])c1ccc(CNc2ccccc2Cl)c([N+](=O)[O-])c1. The third-order valence-corrected chi connectivity index (χ3v) is 3.15. The lowest BCUT2D eigenvalue weighted by Gasteiger charge is -2.08. The van der Waals surface area contributed by atoms with Crippen LogP contribution in [0.15, 0.2) is 42.5 Å². The van der Waals surface area contributed by atoms with Crippen LogP contribution in [0.1, 0.15) is 5.56 Å². The number of rotatable bonds is 5. The van der Waals surface area contributed by atoms with Crippen molar-refractivity contribution in [2.75, 3.05) is 5.32 Å². The van der Waals surface area contributed by atoms with Crippen molar-refractivity contribution >= 4 is 28.7 Å². The third-order valence-electron chi connectivity index (χ3n) is 2.82. The molecule has 0 aromatic heterocycles. The molecule has 0 aliphatic heterocycles. The van der Waals surface area contributed by atoms with Gasteiger partial charge < -0.3 is 5.32 Å². The topological polar surface area (TPSA) is 98.3 Å². The quantitative estimate of drug-likeness (QED) is 0.669. The summed E-state index contributed by atoms with van der Waals surface area (Å²) in [5.41, 5.74) is 0.351. The molecule has 8 heteroatoms. The molecule has 7 nitrogen and oxygen atoms in total. The molecule has 108 valence electrons. The number of para-hydroxylation sites is 1. The number of nitrogens with zero attached hydrogens (tertiary/aromatic N) is 2. The van der Waals surface area contributed by atoms with E-state index in [4.69, 9.17) is 11.6 Å². The molecule has 0 atom stereocenters. The van der Waals surface area contributed by atoms with Crippen molar-refractivity contribution in [1.29, 1.82) is 0 Å². The van der Waals surface area contributed by atoms with Gasteiger partial charge in [0, 0.05) is 18.2 Å². The van der Waals surface area contributed by atoms with Crippen LogP contribution in [0.2, 0.25) is 5.02 Å². The Morgan fingerprint density at radius 1 is 1.05 bits per heavy atom. The second-order valence-electron chi connectivity index (χ2n) is 4.16. The van der Waals surface area contributed by atoms with Gasteiger partial charge in [0.25, 0.3) is 11.4 Å². The molecule has 0 bridgehead atoms. The first-order valence-corrected chi connectivity index (χ1v) is 6.27. The fourth-order valence-corrected chi connectivity index (χ4v) is 1.98. The lowest BCUT2D eigenvalue weighted by atomic mass is 10.1. The molecule has 0 heterocycles. The van der Waals surface area contributed by atoms with E-state index in [0.29, 0.717) is 16.3 Å². The minimum Gasteiger partial charge on any atom is -0.379 e. The molecule has 0 spiro atoms. The molecule has 2 aromatic carbocycles. The van der Waals surface area contributed by atoms with Crippen LogP contribution in [0.4, 0.5) is 17.1 Å². The highest BCUT2D eigenvalue weighted by atomic mass is 35.5. The lowest BCUT2D eigenvalue weighted by molar-refractivity contribution is -0.394. The maximum absolute atomic E-state index is 11.0. The van der Waals surface area contributed by atoms with Crippen molar-refractivity contribution in [2.45, 2.75) is 6.54 Å². The number of anilines is 1. The van der Waals surface area contributed by atoms with Crippen LogP contribution < -0.4 is 5.32 Å². The maximum atomic E-state index is 11.0. The minimum atomic E-state index is -0.668. The smallest absolute Gasteiger partial charge is 0.281 e. The fourth-order valence-electron chi connectivity index (χ4n) is 1.78. The van der Waals surface area contributed by atoms with Gasteiger partial charge in [0.15, 0.2) is 0 Å². The summed E-state index contributed by atoms with van der Waals surface area (Å²) < 4.78 is 0. The fraction of sp³-hybridized carbons (Fsp3) is 0.0769. The largest absolute Gasteiger partial charge is 0.379 e. The molecule has 0 radical (unpaired) electrons. The van der Waals surface area contributed by atoms with E-state index in [1.54, 1.807) is 24.3 Å². The zero-order chi connectivity index (χ0) is 15.4. The standard InChI is InChI=1S/C13H10ClN3O4/c14-11-3-1-2-4-12(11)15-8-9-5-6-10(16(18)19)7-13(9)17(20)21/h1-7,15H,8H2.